The van der Waals surface area contributed by atoms with E-state index in [9.17, 15) is 15.0 Å². The van der Waals surface area contributed by atoms with E-state index in [0.29, 0.717) is 10.8 Å². The lowest BCUT2D eigenvalue weighted by atomic mass is 9.80. The van der Waals surface area contributed by atoms with Gasteiger partial charge >= 0.3 is 5.97 Å². The molecule has 1 aromatic heterocycles. The number of thiazole rings is 1. The molecule has 2 heterocycles. The van der Waals surface area contributed by atoms with Crippen molar-refractivity contribution in [3.8, 4) is 11.5 Å². The smallest absolute Gasteiger partial charge is 0.327 e. The molecule has 2 N–H and O–H groups in total. The molecule has 0 saturated heterocycles. The number of aromatic nitrogens is 1. The molecule has 0 fully saturated rings. The number of carbonyl (C=O) groups excluding carboxylic acids is 1. The van der Waals surface area contributed by atoms with Gasteiger partial charge in [-0.2, -0.15) is 0 Å². The summed E-state index contributed by atoms with van der Waals surface area (Å²) in [7, 11) is 0. The van der Waals surface area contributed by atoms with Crippen LogP contribution in [0.3, 0.4) is 0 Å². The van der Waals surface area contributed by atoms with Crippen molar-refractivity contribution in [3.05, 3.63) is 53.0 Å². The molecule has 6 heteroatoms. The number of phenolic OH excluding ortho intramolecular Hbond substituents is 1. The number of aliphatic hydroxyl groups excluding tert-OH is 1. The van der Waals surface area contributed by atoms with E-state index in [-0.39, 0.29) is 18.8 Å². The lowest BCUT2D eigenvalue weighted by molar-refractivity contribution is -0.144. The quantitative estimate of drug-likeness (QED) is 0.558. The Hall–Kier alpha value is -2.44. The van der Waals surface area contributed by atoms with Gasteiger partial charge in [-0.3, -0.25) is 4.79 Å². The van der Waals surface area contributed by atoms with Crippen LogP contribution in [0.1, 0.15) is 10.6 Å². The molecule has 0 aliphatic carbocycles. The third-order valence-electron chi connectivity index (χ3n) is 4.11. The maximum absolute atomic E-state index is 12.6. The maximum Gasteiger partial charge on any atom is 0.327 e. The second-order valence-electron chi connectivity index (χ2n) is 5.59. The van der Waals surface area contributed by atoms with Gasteiger partial charge in [-0.25, -0.2) is 4.98 Å². The van der Waals surface area contributed by atoms with Gasteiger partial charge in [-0.15, -0.1) is 11.3 Å². The van der Waals surface area contributed by atoms with Crippen LogP contribution in [0.25, 0.3) is 10.2 Å². The van der Waals surface area contributed by atoms with Gasteiger partial charge in [0.2, 0.25) is 0 Å². The van der Waals surface area contributed by atoms with Crippen molar-refractivity contribution in [1.82, 2.24) is 4.98 Å². The van der Waals surface area contributed by atoms with E-state index in [1.165, 1.54) is 17.4 Å². The monoisotopic (exact) mass is 327 g/mol. The van der Waals surface area contributed by atoms with Gasteiger partial charge in [0.25, 0.3) is 0 Å². The first-order valence-corrected chi connectivity index (χ1v) is 7.95. The van der Waals surface area contributed by atoms with E-state index >= 15 is 0 Å². The van der Waals surface area contributed by atoms with E-state index in [2.05, 4.69) is 4.98 Å². The molecule has 0 radical (unpaired) electrons. The third-order valence-corrected chi connectivity index (χ3v) is 5.35. The molecule has 2 aromatic carbocycles. The fraction of sp³-hybridized carbons (Fsp3) is 0.176. The van der Waals surface area contributed by atoms with Crippen LogP contribution in [0.4, 0.5) is 0 Å². The number of esters is 1. The molecular formula is C17H13NO4S. The Labute approximate surface area is 135 Å². The van der Waals surface area contributed by atoms with Gasteiger partial charge in [0.1, 0.15) is 21.9 Å². The topological polar surface area (TPSA) is 79.7 Å². The van der Waals surface area contributed by atoms with E-state index in [0.717, 1.165) is 15.8 Å². The largest absolute Gasteiger partial charge is 0.508 e. The number of carbonyl (C=O) groups is 1. The van der Waals surface area contributed by atoms with Crippen molar-refractivity contribution in [2.45, 2.75) is 11.8 Å². The van der Waals surface area contributed by atoms with Gasteiger partial charge in [0, 0.05) is 12.5 Å². The Bertz CT molecular complexity index is 887. The summed E-state index contributed by atoms with van der Waals surface area (Å²) in [6.07, 6.45) is 0.289. The number of ether oxygens (including phenoxy) is 1. The van der Waals surface area contributed by atoms with Crippen molar-refractivity contribution >= 4 is 27.5 Å². The summed E-state index contributed by atoms with van der Waals surface area (Å²) < 4.78 is 6.34. The number of hydrogen-bond donors (Lipinski definition) is 2. The number of aromatic hydroxyl groups is 1. The molecule has 0 amide bonds. The van der Waals surface area contributed by atoms with Crippen LogP contribution >= 0.6 is 11.3 Å². The van der Waals surface area contributed by atoms with E-state index in [4.69, 9.17) is 4.74 Å². The summed E-state index contributed by atoms with van der Waals surface area (Å²) >= 11 is 1.39. The number of nitrogens with zero attached hydrogens (tertiary/aromatic N) is 1. The first kappa shape index (κ1) is 14.2. The molecule has 0 spiro atoms. The van der Waals surface area contributed by atoms with Crippen molar-refractivity contribution in [3.63, 3.8) is 0 Å². The molecule has 3 aromatic rings. The lowest BCUT2D eigenvalue weighted by Crippen LogP contribution is -2.47. The van der Waals surface area contributed by atoms with E-state index < -0.39 is 11.4 Å². The molecule has 1 aliphatic heterocycles. The van der Waals surface area contributed by atoms with Crippen LogP contribution in [0, 0.1) is 0 Å². The second-order valence-corrected chi connectivity index (χ2v) is 6.62. The summed E-state index contributed by atoms with van der Waals surface area (Å²) in [5.41, 5.74) is 0.355. The number of para-hydroxylation sites is 1. The Morgan fingerprint density at radius 3 is 2.87 bits per heavy atom. The Morgan fingerprint density at radius 1 is 1.26 bits per heavy atom. The Morgan fingerprint density at radius 2 is 2.09 bits per heavy atom. The highest BCUT2D eigenvalue weighted by Gasteiger charge is 2.48. The summed E-state index contributed by atoms with van der Waals surface area (Å²) in [6, 6.07) is 12.3. The van der Waals surface area contributed by atoms with Crippen molar-refractivity contribution < 1.29 is 19.7 Å². The lowest BCUT2D eigenvalue weighted by Gasteiger charge is -2.32. The molecule has 4 rings (SSSR count). The predicted octanol–water partition coefficient (Wildman–Crippen LogP) is 2.39. The van der Waals surface area contributed by atoms with Crippen LogP contribution in [0.15, 0.2) is 42.5 Å². The van der Waals surface area contributed by atoms with Crippen LogP contribution in [-0.2, 0) is 16.6 Å². The zero-order valence-corrected chi connectivity index (χ0v) is 12.8. The minimum Gasteiger partial charge on any atom is -0.508 e. The average molecular weight is 327 g/mol. The van der Waals surface area contributed by atoms with Gasteiger partial charge in [0.15, 0.2) is 0 Å². The van der Waals surface area contributed by atoms with Gasteiger partial charge in [-0.1, -0.05) is 18.2 Å². The standard InChI is InChI=1S/C17H13NO4S/c19-9-17(15-18-12-3-1-2-4-14(12)23-15)8-10-5-6-11(20)7-13(10)22-16(17)21/h1-7,19-20H,8-9H2. The molecule has 0 bridgehead atoms. The minimum absolute atomic E-state index is 0.0352. The molecule has 116 valence electrons. The maximum atomic E-state index is 12.6. The van der Waals surface area contributed by atoms with E-state index in [1.807, 2.05) is 24.3 Å². The van der Waals surface area contributed by atoms with Crippen molar-refractivity contribution in [1.29, 1.82) is 0 Å². The van der Waals surface area contributed by atoms with Gasteiger partial charge in [-0.05, 0) is 23.8 Å². The number of benzene rings is 2. The van der Waals surface area contributed by atoms with Crippen LogP contribution < -0.4 is 4.74 Å². The fourth-order valence-corrected chi connectivity index (χ4v) is 3.94. The summed E-state index contributed by atoms with van der Waals surface area (Å²) in [5.74, 6) is -0.176. The average Bonchev–Trinajstić information content (AvgIpc) is 2.98. The summed E-state index contributed by atoms with van der Waals surface area (Å²) in [6.45, 7) is -0.383. The van der Waals surface area contributed by atoms with Crippen LogP contribution in [0.5, 0.6) is 11.5 Å². The third kappa shape index (κ3) is 2.10. The fourth-order valence-electron chi connectivity index (χ4n) is 2.81. The minimum atomic E-state index is -1.20. The number of phenols is 1. The zero-order chi connectivity index (χ0) is 16.0. The first-order valence-electron chi connectivity index (χ1n) is 7.13. The van der Waals surface area contributed by atoms with Crippen LogP contribution in [0.2, 0.25) is 0 Å². The highest BCUT2D eigenvalue weighted by atomic mass is 32.1. The first-order chi connectivity index (χ1) is 11.1. The summed E-state index contributed by atoms with van der Waals surface area (Å²) in [4.78, 5) is 17.1. The SMILES string of the molecule is O=C1Oc2cc(O)ccc2CC1(CO)c1nc2ccccc2s1. The van der Waals surface area contributed by atoms with E-state index in [1.54, 1.807) is 12.1 Å². The number of fused-ring (bicyclic) bond motifs is 2. The van der Waals surface area contributed by atoms with Crippen molar-refractivity contribution in [2.75, 3.05) is 6.61 Å². The molecule has 1 aliphatic rings. The zero-order valence-electron chi connectivity index (χ0n) is 12.0. The Kier molecular flexibility index (Phi) is 3.11. The van der Waals surface area contributed by atoms with Gasteiger partial charge in [0.05, 0.1) is 16.8 Å². The molecule has 0 saturated carbocycles. The second kappa shape index (κ2) is 5.04. The molecule has 1 atom stereocenters. The number of hydrogen-bond acceptors (Lipinski definition) is 6. The highest BCUT2D eigenvalue weighted by Crippen LogP contribution is 2.41. The van der Waals surface area contributed by atoms with Crippen molar-refractivity contribution in [2.24, 2.45) is 0 Å². The normalized spacial score (nSPS) is 20.3. The number of aliphatic hydroxyl groups is 1. The molecule has 1 unspecified atom stereocenters. The van der Waals surface area contributed by atoms with Gasteiger partial charge < -0.3 is 14.9 Å². The molecule has 5 nitrogen and oxygen atoms in total. The van der Waals surface area contributed by atoms with Crippen LogP contribution in [-0.4, -0.2) is 27.8 Å². The molecule has 23 heavy (non-hydrogen) atoms. The predicted molar refractivity (Wildman–Crippen MR) is 85.8 cm³/mol. The summed E-state index contributed by atoms with van der Waals surface area (Å²) in [5, 5.41) is 20.1. The molecular weight excluding hydrogens is 314 g/mol. The number of rotatable bonds is 2. The Balaban J connectivity index is 1.86. The highest BCUT2D eigenvalue weighted by molar-refractivity contribution is 7.18.